The summed E-state index contributed by atoms with van der Waals surface area (Å²) in [5.74, 6) is -0.571. The molecule has 0 fully saturated rings. The summed E-state index contributed by atoms with van der Waals surface area (Å²) >= 11 is 8.38. The Morgan fingerprint density at radius 1 is 1.20 bits per heavy atom. The Bertz CT molecular complexity index is 1430. The lowest BCUT2D eigenvalue weighted by molar-refractivity contribution is -0.113. The molecule has 2 heterocycles. The topological polar surface area (TPSA) is 138 Å². The van der Waals surface area contributed by atoms with Gasteiger partial charge in [0.1, 0.15) is 10.8 Å². The van der Waals surface area contributed by atoms with E-state index in [1.165, 1.54) is 0 Å². The van der Waals surface area contributed by atoms with E-state index < -0.39 is 23.9 Å². The molecule has 3 aromatic rings. The van der Waals surface area contributed by atoms with Crippen LogP contribution in [0.25, 0.3) is 0 Å². The number of benzene rings is 1. The summed E-state index contributed by atoms with van der Waals surface area (Å²) in [6, 6.07) is 3.72. The molecule has 0 bridgehead atoms. The first-order valence-electron chi connectivity index (χ1n) is 12.4. The number of thiophene rings is 1. The molecule has 3 N–H and O–H groups in total. The molecule has 3 rings (SSSR count). The van der Waals surface area contributed by atoms with Gasteiger partial charge in [-0.1, -0.05) is 29.4 Å². The molecular formula is C27H32ClN5O5S2. The van der Waals surface area contributed by atoms with Gasteiger partial charge in [0.05, 0.1) is 22.3 Å². The first-order chi connectivity index (χ1) is 18.8. The first-order valence-corrected chi connectivity index (χ1v) is 14.6. The van der Waals surface area contributed by atoms with E-state index in [1.807, 2.05) is 37.5 Å². The number of allylic oxidation sites excluding steroid dienone is 1. The number of hydrogen-bond donors (Lipinski definition) is 2. The number of aryl methyl sites for hydroxylation is 2. The van der Waals surface area contributed by atoms with Gasteiger partial charge >= 0.3 is 5.97 Å². The van der Waals surface area contributed by atoms with Crippen molar-refractivity contribution in [2.75, 3.05) is 11.1 Å². The highest BCUT2D eigenvalue weighted by molar-refractivity contribution is 7.99. The van der Waals surface area contributed by atoms with Gasteiger partial charge in [-0.15, -0.1) is 28.1 Å². The van der Waals surface area contributed by atoms with Gasteiger partial charge < -0.3 is 20.5 Å². The minimum Gasteiger partial charge on any atom is -0.483 e. The van der Waals surface area contributed by atoms with Gasteiger partial charge in [0.15, 0.2) is 17.1 Å². The normalized spacial score (nSPS) is 11.8. The van der Waals surface area contributed by atoms with Crippen LogP contribution in [0.3, 0.4) is 0 Å². The zero-order valence-electron chi connectivity index (χ0n) is 23.2. The van der Waals surface area contributed by atoms with Crippen molar-refractivity contribution < 1.29 is 23.9 Å². The Hall–Kier alpha value is -3.35. The molecular weight excluding hydrogens is 574 g/mol. The third-order valence-corrected chi connectivity index (χ3v) is 8.43. The summed E-state index contributed by atoms with van der Waals surface area (Å²) in [7, 11) is 0. The number of halogens is 1. The number of nitrogens with two attached hydrogens (primary N) is 1. The molecule has 0 aliphatic rings. The zero-order valence-corrected chi connectivity index (χ0v) is 25.6. The van der Waals surface area contributed by atoms with Crippen molar-refractivity contribution in [1.29, 1.82) is 0 Å². The van der Waals surface area contributed by atoms with Crippen LogP contribution in [-0.4, -0.2) is 44.4 Å². The minimum absolute atomic E-state index is 0.0401. The van der Waals surface area contributed by atoms with Crippen LogP contribution < -0.4 is 15.8 Å². The highest BCUT2D eigenvalue weighted by Gasteiger charge is 2.27. The summed E-state index contributed by atoms with van der Waals surface area (Å²) in [5.41, 5.74) is 7.75. The SMILES string of the molecule is C=CCn1c(SCC(=O)Nc2sc(C(N)=O)c(C)c2C(=O)OC(C)C)nnc1C(C)Oc1cc(C)c(Cl)c(C)c1. The number of hydrogen-bond acceptors (Lipinski definition) is 9. The van der Waals surface area contributed by atoms with Crippen LogP contribution in [0.4, 0.5) is 5.00 Å². The third kappa shape index (κ3) is 7.23. The molecule has 10 nitrogen and oxygen atoms in total. The Kier molecular flexibility index (Phi) is 10.4. The molecule has 0 radical (unpaired) electrons. The van der Waals surface area contributed by atoms with Gasteiger partial charge in [-0.3, -0.25) is 14.2 Å². The molecule has 1 unspecified atom stereocenters. The minimum atomic E-state index is -0.693. The quantitative estimate of drug-likeness (QED) is 0.154. The van der Waals surface area contributed by atoms with Crippen LogP contribution in [0.2, 0.25) is 5.02 Å². The lowest BCUT2D eigenvalue weighted by Gasteiger charge is -2.17. The Morgan fingerprint density at radius 2 is 1.85 bits per heavy atom. The number of esters is 1. The number of rotatable bonds is 12. The number of nitrogens with zero attached hydrogens (tertiary/aromatic N) is 3. The van der Waals surface area contributed by atoms with E-state index in [0.29, 0.717) is 33.9 Å². The monoisotopic (exact) mass is 605 g/mol. The number of thioether (sulfide) groups is 1. The maximum absolute atomic E-state index is 12.9. The number of aromatic nitrogens is 3. The van der Waals surface area contributed by atoms with E-state index in [2.05, 4.69) is 22.1 Å². The van der Waals surface area contributed by atoms with Crippen LogP contribution in [0.15, 0.2) is 29.9 Å². The van der Waals surface area contributed by atoms with Crippen molar-refractivity contribution in [1.82, 2.24) is 14.8 Å². The summed E-state index contributed by atoms with van der Waals surface area (Å²) in [4.78, 5) is 37.6. The Balaban J connectivity index is 1.77. The van der Waals surface area contributed by atoms with Crippen LogP contribution in [0, 0.1) is 20.8 Å². The number of carbonyl (C=O) groups is 3. The molecule has 0 aliphatic carbocycles. The van der Waals surface area contributed by atoms with E-state index in [-0.39, 0.29) is 27.3 Å². The predicted octanol–water partition coefficient (Wildman–Crippen LogP) is 5.64. The van der Waals surface area contributed by atoms with Crippen molar-refractivity contribution in [3.05, 3.63) is 62.8 Å². The van der Waals surface area contributed by atoms with Crippen LogP contribution >= 0.6 is 34.7 Å². The van der Waals surface area contributed by atoms with E-state index in [1.54, 1.807) is 26.8 Å². The molecule has 40 heavy (non-hydrogen) atoms. The van der Waals surface area contributed by atoms with Crippen molar-refractivity contribution in [3.63, 3.8) is 0 Å². The largest absolute Gasteiger partial charge is 0.483 e. The Morgan fingerprint density at radius 3 is 2.42 bits per heavy atom. The molecule has 0 saturated carbocycles. The summed E-state index contributed by atoms with van der Waals surface area (Å²) in [6.45, 7) is 14.9. The van der Waals surface area contributed by atoms with Crippen LogP contribution in [-0.2, 0) is 16.1 Å². The van der Waals surface area contributed by atoms with Crippen molar-refractivity contribution in [2.45, 2.75) is 65.5 Å². The fourth-order valence-corrected chi connectivity index (χ4v) is 5.81. The van der Waals surface area contributed by atoms with Crippen molar-refractivity contribution in [2.24, 2.45) is 5.73 Å². The molecule has 1 aromatic carbocycles. The zero-order chi connectivity index (χ0) is 29.7. The van der Waals surface area contributed by atoms with Crippen molar-refractivity contribution >= 4 is 57.5 Å². The second-order valence-corrected chi connectivity index (χ2v) is 11.6. The number of anilines is 1. The van der Waals surface area contributed by atoms with E-state index in [4.69, 9.17) is 26.8 Å². The molecule has 0 saturated heterocycles. The molecule has 1 atom stereocenters. The van der Waals surface area contributed by atoms with Crippen LogP contribution in [0.5, 0.6) is 5.75 Å². The van der Waals surface area contributed by atoms with Gasteiger partial charge in [0.2, 0.25) is 5.91 Å². The fourth-order valence-electron chi connectivity index (χ4n) is 3.89. The van der Waals surface area contributed by atoms with E-state index in [0.717, 1.165) is 34.2 Å². The average Bonchev–Trinajstić information content (AvgIpc) is 3.41. The number of amides is 2. The summed E-state index contributed by atoms with van der Waals surface area (Å²) < 4.78 is 13.2. The fraction of sp³-hybridized carbons (Fsp3) is 0.370. The van der Waals surface area contributed by atoms with Gasteiger partial charge in [0, 0.05) is 11.6 Å². The Labute approximate surface area is 246 Å². The lowest BCUT2D eigenvalue weighted by Crippen LogP contribution is -2.18. The summed E-state index contributed by atoms with van der Waals surface area (Å²) in [6.07, 6.45) is 0.867. The third-order valence-electron chi connectivity index (χ3n) is 5.65. The average molecular weight is 606 g/mol. The smallest absolute Gasteiger partial charge is 0.341 e. The summed E-state index contributed by atoms with van der Waals surface area (Å²) in [5, 5.41) is 12.7. The number of carbonyl (C=O) groups excluding carboxylic acids is 3. The number of ether oxygens (including phenoxy) is 2. The van der Waals surface area contributed by atoms with Gasteiger partial charge in [-0.25, -0.2) is 4.79 Å². The van der Waals surface area contributed by atoms with E-state index >= 15 is 0 Å². The molecule has 214 valence electrons. The van der Waals surface area contributed by atoms with Gasteiger partial charge in [-0.05, 0) is 70.4 Å². The predicted molar refractivity (Wildman–Crippen MR) is 158 cm³/mol. The van der Waals surface area contributed by atoms with E-state index in [9.17, 15) is 14.4 Å². The highest BCUT2D eigenvalue weighted by atomic mass is 35.5. The maximum Gasteiger partial charge on any atom is 0.341 e. The number of nitrogens with one attached hydrogen (secondary N) is 1. The highest BCUT2D eigenvalue weighted by Crippen LogP contribution is 2.34. The van der Waals surface area contributed by atoms with Crippen molar-refractivity contribution in [3.8, 4) is 5.75 Å². The maximum atomic E-state index is 12.9. The van der Waals surface area contributed by atoms with Gasteiger partial charge in [0.25, 0.3) is 5.91 Å². The molecule has 13 heteroatoms. The second kappa shape index (κ2) is 13.3. The number of primary amides is 1. The molecule has 0 aliphatic heterocycles. The molecule has 2 amide bonds. The molecule has 0 spiro atoms. The second-order valence-electron chi connectivity index (χ2n) is 9.29. The first kappa shape index (κ1) is 31.2. The van der Waals surface area contributed by atoms with Crippen LogP contribution in [0.1, 0.15) is 69.4 Å². The molecule has 2 aromatic heterocycles. The lowest BCUT2D eigenvalue weighted by atomic mass is 10.1. The standard InChI is InChI=1S/C27H32ClN5O5S2/c1-8-9-33-24(17(7)38-18-10-14(4)21(28)15(5)11-18)31-32-27(33)39-12-19(34)30-25-20(26(36)37-13(2)3)16(6)22(40-25)23(29)35/h8,10-11,13,17H,1,9,12H2,2-7H3,(H2,29,35)(H,30,34). The van der Waals surface area contributed by atoms with Gasteiger partial charge in [-0.2, -0.15) is 0 Å².